The van der Waals surface area contributed by atoms with E-state index >= 15 is 0 Å². The second-order valence-electron chi connectivity index (χ2n) is 6.88. The average molecular weight is 448 g/mol. The van der Waals surface area contributed by atoms with Gasteiger partial charge in [0.05, 0.1) is 6.54 Å². The minimum Gasteiger partial charge on any atom is -0.457 e. The van der Waals surface area contributed by atoms with E-state index in [0.717, 1.165) is 10.8 Å². The highest BCUT2D eigenvalue weighted by atomic mass is 35.5. The van der Waals surface area contributed by atoms with Gasteiger partial charge in [-0.2, -0.15) is 0 Å². The second kappa shape index (κ2) is 9.36. The zero-order valence-corrected chi connectivity index (χ0v) is 17.5. The van der Waals surface area contributed by atoms with Crippen molar-refractivity contribution in [3.8, 4) is 11.5 Å². The summed E-state index contributed by atoms with van der Waals surface area (Å²) in [4.78, 5) is 40.1. The van der Waals surface area contributed by atoms with Crippen LogP contribution in [0.25, 0.3) is 0 Å². The number of amides is 1. The fourth-order valence-electron chi connectivity index (χ4n) is 3.04. The van der Waals surface area contributed by atoms with Crippen LogP contribution in [0.15, 0.2) is 94.6 Å². The molecule has 1 heterocycles. The number of benzene rings is 3. The van der Waals surface area contributed by atoms with Crippen molar-refractivity contribution in [1.82, 2.24) is 9.55 Å². The Kier molecular flexibility index (Phi) is 6.19. The first kappa shape index (κ1) is 21.1. The third kappa shape index (κ3) is 4.79. The van der Waals surface area contributed by atoms with Gasteiger partial charge in [-0.1, -0.05) is 48.0 Å². The summed E-state index contributed by atoms with van der Waals surface area (Å²) in [5.41, 5.74) is -0.475. The van der Waals surface area contributed by atoms with Gasteiger partial charge in [-0.3, -0.25) is 14.2 Å². The quantitative estimate of drug-likeness (QED) is 0.461. The Hall–Kier alpha value is -4.10. The summed E-state index contributed by atoms with van der Waals surface area (Å²) >= 11 is 6.14. The molecule has 4 aromatic rings. The van der Waals surface area contributed by atoms with Crippen LogP contribution in [0.4, 0.5) is 5.69 Å². The molecule has 0 saturated heterocycles. The molecule has 0 spiro atoms. The average Bonchev–Trinajstić information content (AvgIpc) is 2.80. The van der Waals surface area contributed by atoms with E-state index in [2.05, 4.69) is 10.3 Å². The molecule has 7 nitrogen and oxygen atoms in total. The first-order chi connectivity index (χ1) is 15.5. The van der Waals surface area contributed by atoms with Gasteiger partial charge in [-0.25, -0.2) is 4.79 Å². The number of rotatable bonds is 6. The summed E-state index contributed by atoms with van der Waals surface area (Å²) in [5.74, 6) is 0.646. The van der Waals surface area contributed by atoms with Crippen LogP contribution >= 0.6 is 11.6 Å². The van der Waals surface area contributed by atoms with E-state index in [0.29, 0.717) is 27.8 Å². The molecule has 3 aromatic carbocycles. The normalized spacial score (nSPS) is 10.5. The molecule has 0 unspecified atom stereocenters. The lowest BCUT2D eigenvalue weighted by atomic mass is 10.2. The fourth-order valence-corrected chi connectivity index (χ4v) is 3.24. The third-order valence-electron chi connectivity index (χ3n) is 4.68. The fraction of sp³-hybridized carbons (Fsp3) is 0.0417. The number of ether oxygens (including phenoxy) is 1. The van der Waals surface area contributed by atoms with Crippen LogP contribution in [0.2, 0.25) is 5.02 Å². The summed E-state index contributed by atoms with van der Waals surface area (Å²) in [5, 5.41) is 3.08. The molecular formula is C24H18ClN3O4. The number of para-hydroxylation sites is 1. The number of carbonyl (C=O) groups excluding carboxylic acids is 1. The predicted molar refractivity (Wildman–Crippen MR) is 123 cm³/mol. The molecule has 1 amide bonds. The van der Waals surface area contributed by atoms with Crippen LogP contribution in [0.5, 0.6) is 11.5 Å². The molecule has 0 saturated carbocycles. The third-order valence-corrected chi connectivity index (χ3v) is 5.05. The largest absolute Gasteiger partial charge is 0.457 e. The topological polar surface area (TPSA) is 93.2 Å². The second-order valence-corrected chi connectivity index (χ2v) is 7.29. The SMILES string of the molecule is O=C(Nc1ccc(Oc2ccccc2)cc1)c1c[nH]c(=O)n(Cc2ccccc2Cl)c1=O. The van der Waals surface area contributed by atoms with Crippen molar-refractivity contribution in [3.05, 3.63) is 122 Å². The van der Waals surface area contributed by atoms with Gasteiger partial charge in [0.2, 0.25) is 0 Å². The predicted octanol–water partition coefficient (Wildman–Crippen LogP) is 4.28. The van der Waals surface area contributed by atoms with Gasteiger partial charge in [0.15, 0.2) is 0 Å². The first-order valence-corrected chi connectivity index (χ1v) is 10.1. The van der Waals surface area contributed by atoms with E-state index in [1.807, 2.05) is 30.3 Å². The summed E-state index contributed by atoms with van der Waals surface area (Å²) in [6.07, 6.45) is 1.11. The molecule has 32 heavy (non-hydrogen) atoms. The number of aromatic amines is 1. The minimum absolute atomic E-state index is 0.0551. The van der Waals surface area contributed by atoms with Crippen LogP contribution in [0, 0.1) is 0 Å². The molecule has 0 aliphatic heterocycles. The Balaban J connectivity index is 1.52. The summed E-state index contributed by atoms with van der Waals surface area (Å²) in [6.45, 7) is -0.0551. The van der Waals surface area contributed by atoms with Crippen LogP contribution in [0.3, 0.4) is 0 Å². The van der Waals surface area contributed by atoms with E-state index in [4.69, 9.17) is 16.3 Å². The standard InChI is InChI=1S/C24H18ClN3O4/c25-21-9-5-4-6-16(21)15-28-23(30)20(14-26-24(28)31)22(29)27-17-10-12-19(13-11-17)32-18-7-2-1-3-8-18/h1-14H,15H2,(H,26,31)(H,27,29). The summed E-state index contributed by atoms with van der Waals surface area (Å²) < 4.78 is 6.66. The minimum atomic E-state index is -0.713. The highest BCUT2D eigenvalue weighted by Gasteiger charge is 2.16. The van der Waals surface area contributed by atoms with Crippen LogP contribution in [-0.4, -0.2) is 15.5 Å². The molecule has 0 radical (unpaired) electrons. The lowest BCUT2D eigenvalue weighted by Crippen LogP contribution is -2.39. The van der Waals surface area contributed by atoms with Crippen molar-refractivity contribution >= 4 is 23.2 Å². The number of H-pyrrole nitrogens is 1. The highest BCUT2D eigenvalue weighted by molar-refractivity contribution is 6.31. The molecule has 4 rings (SSSR count). The number of anilines is 1. The zero-order chi connectivity index (χ0) is 22.5. The molecule has 0 fully saturated rings. The first-order valence-electron chi connectivity index (χ1n) is 9.71. The highest BCUT2D eigenvalue weighted by Crippen LogP contribution is 2.22. The molecule has 0 aliphatic carbocycles. The van der Waals surface area contributed by atoms with Gasteiger partial charge in [0.25, 0.3) is 11.5 Å². The monoisotopic (exact) mass is 447 g/mol. The zero-order valence-electron chi connectivity index (χ0n) is 16.7. The van der Waals surface area contributed by atoms with E-state index in [1.54, 1.807) is 48.5 Å². The van der Waals surface area contributed by atoms with E-state index < -0.39 is 17.2 Å². The number of nitrogens with zero attached hydrogens (tertiary/aromatic N) is 1. The Morgan fingerprint density at radius 1 is 0.906 bits per heavy atom. The van der Waals surface area contributed by atoms with Crippen molar-refractivity contribution in [2.45, 2.75) is 6.54 Å². The molecule has 1 aromatic heterocycles. The number of nitrogens with one attached hydrogen (secondary N) is 2. The van der Waals surface area contributed by atoms with Crippen molar-refractivity contribution in [3.63, 3.8) is 0 Å². The van der Waals surface area contributed by atoms with Gasteiger partial charge < -0.3 is 15.0 Å². The van der Waals surface area contributed by atoms with E-state index in [9.17, 15) is 14.4 Å². The summed E-state index contributed by atoms with van der Waals surface area (Å²) in [7, 11) is 0. The number of carbonyl (C=O) groups is 1. The van der Waals surface area contributed by atoms with Crippen molar-refractivity contribution in [2.24, 2.45) is 0 Å². The van der Waals surface area contributed by atoms with E-state index in [1.165, 1.54) is 0 Å². The lowest BCUT2D eigenvalue weighted by Gasteiger charge is -2.10. The molecule has 0 bridgehead atoms. The number of aromatic nitrogens is 2. The summed E-state index contributed by atoms with van der Waals surface area (Å²) in [6, 6.07) is 22.9. The van der Waals surface area contributed by atoms with Gasteiger partial charge in [-0.05, 0) is 48.0 Å². The van der Waals surface area contributed by atoms with Gasteiger partial charge >= 0.3 is 5.69 Å². The lowest BCUT2D eigenvalue weighted by molar-refractivity contribution is 0.102. The van der Waals surface area contributed by atoms with Gasteiger partial charge in [0, 0.05) is 16.9 Å². The maximum atomic E-state index is 12.8. The molecular weight excluding hydrogens is 430 g/mol. The number of hydrogen-bond acceptors (Lipinski definition) is 4. The molecule has 8 heteroatoms. The molecule has 0 aliphatic rings. The van der Waals surface area contributed by atoms with Gasteiger partial charge in [0.1, 0.15) is 17.1 Å². The van der Waals surface area contributed by atoms with Gasteiger partial charge in [-0.15, -0.1) is 0 Å². The van der Waals surface area contributed by atoms with Crippen molar-refractivity contribution in [1.29, 1.82) is 0 Å². The Bertz CT molecular complexity index is 1360. The maximum absolute atomic E-state index is 12.8. The molecule has 2 N–H and O–H groups in total. The molecule has 160 valence electrons. The Morgan fingerprint density at radius 3 is 2.28 bits per heavy atom. The smallest absolute Gasteiger partial charge is 0.328 e. The van der Waals surface area contributed by atoms with Crippen LogP contribution < -0.4 is 21.3 Å². The molecule has 0 atom stereocenters. The Morgan fingerprint density at radius 2 is 1.56 bits per heavy atom. The van der Waals surface area contributed by atoms with E-state index in [-0.39, 0.29) is 12.1 Å². The number of halogens is 1. The number of hydrogen-bond donors (Lipinski definition) is 2. The van der Waals surface area contributed by atoms with Crippen LogP contribution in [-0.2, 0) is 6.54 Å². The van der Waals surface area contributed by atoms with Crippen LogP contribution in [0.1, 0.15) is 15.9 Å². The van der Waals surface area contributed by atoms with Crippen molar-refractivity contribution < 1.29 is 9.53 Å². The Labute approximate surface area is 187 Å². The van der Waals surface area contributed by atoms with Crippen molar-refractivity contribution in [2.75, 3.05) is 5.32 Å². The maximum Gasteiger partial charge on any atom is 0.328 e.